The Hall–Kier alpha value is -3.35. The van der Waals surface area contributed by atoms with Crippen LogP contribution in [0.15, 0.2) is 35.2 Å². The number of aryl methyl sites for hydroxylation is 1. The molecule has 0 heterocycles. The van der Waals surface area contributed by atoms with Gasteiger partial charge < -0.3 is 25.4 Å². The molecule has 11 nitrogen and oxygen atoms in total. The Labute approximate surface area is 202 Å². The molecule has 0 fully saturated rings. The van der Waals surface area contributed by atoms with Gasteiger partial charge in [0.2, 0.25) is 10.0 Å². The molecule has 0 amide bonds. The highest BCUT2D eigenvalue weighted by atomic mass is 35.5. The number of aliphatic carboxylic acids is 2. The predicted molar refractivity (Wildman–Crippen MR) is 126 cm³/mol. The van der Waals surface area contributed by atoms with Crippen LogP contribution in [0.1, 0.15) is 22.3 Å². The number of carboxylic acid groups (broad SMARTS) is 2. The highest BCUT2D eigenvalue weighted by Gasteiger charge is 2.19. The third kappa shape index (κ3) is 7.61. The first kappa shape index (κ1) is 28.7. The first-order chi connectivity index (χ1) is 15.4. The molecular formula is C21H26ClN3O8S. The van der Waals surface area contributed by atoms with Crippen LogP contribution in [-0.2, 0) is 26.0 Å². The quantitative estimate of drug-likeness (QED) is 0.206. The lowest BCUT2D eigenvalue weighted by Gasteiger charge is -2.19. The van der Waals surface area contributed by atoms with Gasteiger partial charge in [-0.15, -0.1) is 12.4 Å². The van der Waals surface area contributed by atoms with Crippen molar-refractivity contribution in [2.24, 2.45) is 5.73 Å². The van der Waals surface area contributed by atoms with Gasteiger partial charge in [0, 0.05) is 12.1 Å². The Kier molecular flexibility index (Phi) is 10.3. The number of halogens is 1. The van der Waals surface area contributed by atoms with Crippen LogP contribution in [0.2, 0.25) is 0 Å². The molecular weight excluding hydrogens is 490 g/mol. The molecule has 34 heavy (non-hydrogen) atoms. The number of carbonyl (C=O) groups is 2. The monoisotopic (exact) mass is 515 g/mol. The van der Waals surface area contributed by atoms with Gasteiger partial charge in [0.15, 0.2) is 24.7 Å². The second-order valence-corrected chi connectivity index (χ2v) is 8.84. The van der Waals surface area contributed by atoms with Crippen molar-refractivity contribution in [3.05, 3.63) is 52.6 Å². The van der Waals surface area contributed by atoms with Crippen molar-refractivity contribution in [2.75, 3.05) is 19.8 Å². The van der Waals surface area contributed by atoms with E-state index < -0.39 is 35.2 Å². The van der Waals surface area contributed by atoms with Crippen LogP contribution in [0.4, 0.5) is 0 Å². The van der Waals surface area contributed by atoms with E-state index in [4.69, 9.17) is 30.8 Å². The van der Waals surface area contributed by atoms with Crippen LogP contribution in [0.3, 0.4) is 0 Å². The number of ether oxygens (including phenoxy) is 2. The number of nitrogens with one attached hydrogen (secondary N) is 2. The van der Waals surface area contributed by atoms with Crippen LogP contribution < -0.4 is 19.9 Å². The van der Waals surface area contributed by atoms with E-state index in [1.165, 1.54) is 30.3 Å². The third-order valence-corrected chi connectivity index (χ3v) is 6.15. The number of hydrogen-bond acceptors (Lipinski definition) is 7. The molecule has 0 saturated heterocycles. The number of hydrogen-bond donors (Lipinski definition) is 5. The summed E-state index contributed by atoms with van der Waals surface area (Å²) < 4.78 is 38.2. The highest BCUT2D eigenvalue weighted by molar-refractivity contribution is 7.89. The lowest BCUT2D eigenvalue weighted by Crippen LogP contribution is -2.26. The molecule has 0 aliphatic heterocycles. The van der Waals surface area contributed by atoms with E-state index in [1.807, 2.05) is 0 Å². The van der Waals surface area contributed by atoms with Gasteiger partial charge in [-0.3, -0.25) is 5.41 Å². The van der Waals surface area contributed by atoms with E-state index in [2.05, 4.69) is 4.72 Å². The molecule has 2 aromatic rings. The molecule has 0 unspecified atom stereocenters. The molecule has 0 atom stereocenters. The molecule has 6 N–H and O–H groups in total. The van der Waals surface area contributed by atoms with Gasteiger partial charge in [0.1, 0.15) is 5.84 Å². The molecule has 186 valence electrons. The average Bonchev–Trinajstić information content (AvgIpc) is 2.73. The summed E-state index contributed by atoms with van der Waals surface area (Å²) in [6.45, 7) is 2.14. The Morgan fingerprint density at radius 2 is 1.62 bits per heavy atom. The van der Waals surface area contributed by atoms with Crippen LogP contribution in [0.25, 0.3) is 0 Å². The molecule has 2 aromatic carbocycles. The maximum atomic E-state index is 12.6. The van der Waals surface area contributed by atoms with Gasteiger partial charge in [-0.05, 0) is 67.3 Å². The van der Waals surface area contributed by atoms with Crippen molar-refractivity contribution in [1.82, 2.24) is 4.72 Å². The summed E-state index contributed by atoms with van der Waals surface area (Å²) in [5.74, 6) is -2.42. The number of amidine groups is 1. The van der Waals surface area contributed by atoms with Gasteiger partial charge in [-0.1, -0.05) is 0 Å². The first-order valence-corrected chi connectivity index (χ1v) is 11.2. The van der Waals surface area contributed by atoms with Gasteiger partial charge in [0.05, 0.1) is 4.90 Å². The first-order valence-electron chi connectivity index (χ1n) is 9.68. The lowest BCUT2D eigenvalue weighted by molar-refractivity contribution is -0.140. The topological polar surface area (TPSA) is 189 Å². The van der Waals surface area contributed by atoms with Crippen LogP contribution in [0, 0.1) is 19.3 Å². The zero-order valence-corrected chi connectivity index (χ0v) is 20.1. The Morgan fingerprint density at radius 1 is 1.06 bits per heavy atom. The Bertz CT molecular complexity index is 1170. The number of nitrogen functional groups attached to an aromatic ring is 1. The molecule has 0 aliphatic carbocycles. The van der Waals surface area contributed by atoms with Crippen LogP contribution in [-0.4, -0.2) is 56.2 Å². The summed E-state index contributed by atoms with van der Waals surface area (Å²) in [6, 6.07) is 7.10. The smallest absolute Gasteiger partial charge is 0.341 e. The summed E-state index contributed by atoms with van der Waals surface area (Å²) in [5, 5.41) is 25.2. The molecule has 0 spiro atoms. The van der Waals surface area contributed by atoms with E-state index in [9.17, 15) is 18.0 Å². The number of rotatable bonds is 12. The van der Waals surface area contributed by atoms with Crippen molar-refractivity contribution < 1.29 is 37.7 Å². The molecule has 0 aliphatic rings. The van der Waals surface area contributed by atoms with Crippen LogP contribution >= 0.6 is 12.4 Å². The van der Waals surface area contributed by atoms with Crippen molar-refractivity contribution in [1.29, 1.82) is 5.41 Å². The zero-order chi connectivity index (χ0) is 24.8. The Morgan fingerprint density at radius 3 is 2.15 bits per heavy atom. The highest BCUT2D eigenvalue weighted by Crippen LogP contribution is 2.36. The molecule has 0 radical (unpaired) electrons. The fourth-order valence-electron chi connectivity index (χ4n) is 3.12. The Balaban J connectivity index is 0.00000578. The number of carboxylic acids is 2. The third-order valence-electron chi connectivity index (χ3n) is 4.67. The molecule has 0 saturated carbocycles. The maximum Gasteiger partial charge on any atom is 0.341 e. The van der Waals surface area contributed by atoms with Gasteiger partial charge in [0.25, 0.3) is 0 Å². The predicted octanol–water partition coefficient (Wildman–Crippen LogP) is 1.46. The SMILES string of the molecule is Cc1cc(OCC(=O)O)c(OCC(=O)O)c(C)c1CCNS(=O)(=O)c1ccc(C(=N)N)cc1.Cl. The fourth-order valence-corrected chi connectivity index (χ4v) is 4.15. The summed E-state index contributed by atoms with van der Waals surface area (Å²) in [5.41, 5.74) is 7.69. The van der Waals surface area contributed by atoms with E-state index in [1.54, 1.807) is 13.8 Å². The summed E-state index contributed by atoms with van der Waals surface area (Å²) in [4.78, 5) is 21.8. The van der Waals surface area contributed by atoms with E-state index in [0.29, 0.717) is 22.3 Å². The zero-order valence-electron chi connectivity index (χ0n) is 18.5. The van der Waals surface area contributed by atoms with E-state index in [-0.39, 0.29) is 47.6 Å². The van der Waals surface area contributed by atoms with Crippen molar-refractivity contribution in [3.63, 3.8) is 0 Å². The van der Waals surface area contributed by atoms with E-state index >= 15 is 0 Å². The number of sulfonamides is 1. The normalized spacial score (nSPS) is 10.8. The van der Waals surface area contributed by atoms with Crippen LogP contribution in [0.5, 0.6) is 11.5 Å². The van der Waals surface area contributed by atoms with Gasteiger partial charge in [-0.2, -0.15) is 0 Å². The second kappa shape index (κ2) is 12.2. The number of benzene rings is 2. The minimum Gasteiger partial charge on any atom is -0.479 e. The molecule has 0 bridgehead atoms. The average molecular weight is 516 g/mol. The fraction of sp³-hybridized carbons (Fsp3) is 0.286. The number of nitrogens with two attached hydrogens (primary N) is 1. The maximum absolute atomic E-state index is 12.6. The molecule has 0 aromatic heterocycles. The van der Waals surface area contributed by atoms with Crippen molar-refractivity contribution in [3.8, 4) is 11.5 Å². The van der Waals surface area contributed by atoms with Gasteiger partial charge in [-0.25, -0.2) is 22.7 Å². The van der Waals surface area contributed by atoms with E-state index in [0.717, 1.165) is 0 Å². The standard InChI is InChI=1S/C21H25N3O8S.ClH/c1-12-9-17(31-10-18(25)26)20(32-11-19(27)28)13(2)16(12)7-8-24-33(29,30)15-5-3-14(4-6-15)21(22)23;/h3-6,9,24H,7-8,10-11H2,1-2H3,(H3,22,23)(H,25,26)(H,27,28);1H. The van der Waals surface area contributed by atoms with Gasteiger partial charge >= 0.3 is 11.9 Å². The molecule has 13 heteroatoms. The van der Waals surface area contributed by atoms with Crippen molar-refractivity contribution >= 4 is 40.2 Å². The lowest BCUT2D eigenvalue weighted by atomic mass is 9.98. The summed E-state index contributed by atoms with van der Waals surface area (Å²) >= 11 is 0. The molecule has 2 rings (SSSR count). The minimum absolute atomic E-state index is 0. The van der Waals surface area contributed by atoms with Crippen molar-refractivity contribution in [2.45, 2.75) is 25.2 Å². The second-order valence-electron chi connectivity index (χ2n) is 7.07. The summed E-state index contributed by atoms with van der Waals surface area (Å²) in [6.07, 6.45) is 0.255. The summed E-state index contributed by atoms with van der Waals surface area (Å²) in [7, 11) is -3.82. The largest absolute Gasteiger partial charge is 0.479 e. The minimum atomic E-state index is -3.82.